The molecule has 2 rings (SSSR count). The standard InChI is InChI=1S/C17H21P/c1-12(2)16-10-15(11-17(18-16)13(3)4)14-8-6-5-7-9-14/h5-13H,1-4H3. The van der Waals surface area contributed by atoms with Crippen molar-refractivity contribution in [3.8, 4) is 11.1 Å². The summed E-state index contributed by atoms with van der Waals surface area (Å²) in [5.41, 5.74) is 2.69. The quantitative estimate of drug-likeness (QED) is 0.615. The third-order valence-electron chi connectivity index (χ3n) is 3.16. The van der Waals surface area contributed by atoms with Gasteiger partial charge in [0.25, 0.3) is 0 Å². The lowest BCUT2D eigenvalue weighted by Crippen LogP contribution is -1.90. The summed E-state index contributed by atoms with van der Waals surface area (Å²) in [6.07, 6.45) is 0. The van der Waals surface area contributed by atoms with Gasteiger partial charge in [0.2, 0.25) is 0 Å². The highest BCUT2D eigenvalue weighted by Gasteiger charge is 2.08. The SMILES string of the molecule is CC(C)c1cc(-c2ccccc2)cc(C(C)C)p1. The minimum Gasteiger partial charge on any atom is -0.0688 e. The largest absolute Gasteiger partial charge is 0.0688 e. The van der Waals surface area contributed by atoms with Crippen molar-refractivity contribution in [2.75, 3.05) is 0 Å². The first kappa shape index (κ1) is 13.3. The zero-order valence-corrected chi connectivity index (χ0v) is 12.5. The lowest BCUT2D eigenvalue weighted by molar-refractivity contribution is 0.874. The summed E-state index contributed by atoms with van der Waals surface area (Å²) in [7, 11) is 1.41. The van der Waals surface area contributed by atoms with E-state index in [1.54, 1.807) is 0 Å². The molecule has 1 heterocycles. The van der Waals surface area contributed by atoms with Crippen LogP contribution in [0.25, 0.3) is 11.1 Å². The lowest BCUT2D eigenvalue weighted by Gasteiger charge is -2.13. The van der Waals surface area contributed by atoms with Gasteiger partial charge in [-0.05, 0) is 45.7 Å². The first-order valence-corrected chi connectivity index (χ1v) is 7.54. The van der Waals surface area contributed by atoms with E-state index in [-0.39, 0.29) is 0 Å². The van der Waals surface area contributed by atoms with E-state index in [1.165, 1.54) is 29.9 Å². The Labute approximate surface area is 112 Å². The van der Waals surface area contributed by atoms with Gasteiger partial charge in [-0.25, -0.2) is 0 Å². The summed E-state index contributed by atoms with van der Waals surface area (Å²) >= 11 is 0. The van der Waals surface area contributed by atoms with Gasteiger partial charge in [0.1, 0.15) is 0 Å². The van der Waals surface area contributed by atoms with Gasteiger partial charge in [-0.1, -0.05) is 66.2 Å². The minimum atomic E-state index is 0.618. The molecule has 1 aromatic heterocycles. The van der Waals surface area contributed by atoms with E-state index in [0.29, 0.717) is 11.8 Å². The van der Waals surface area contributed by atoms with Crippen LogP contribution in [0.4, 0.5) is 0 Å². The Morgan fingerprint density at radius 2 is 1.22 bits per heavy atom. The molecule has 0 spiro atoms. The van der Waals surface area contributed by atoms with Gasteiger partial charge < -0.3 is 0 Å². The van der Waals surface area contributed by atoms with Crippen LogP contribution < -0.4 is 0 Å². The highest BCUT2D eigenvalue weighted by Crippen LogP contribution is 2.36. The lowest BCUT2D eigenvalue weighted by atomic mass is 10.0. The van der Waals surface area contributed by atoms with Crippen molar-refractivity contribution >= 4 is 8.19 Å². The normalized spacial score (nSPS) is 11.2. The highest BCUT2D eigenvalue weighted by atomic mass is 31.0. The van der Waals surface area contributed by atoms with Crippen LogP contribution in [0.1, 0.15) is 50.1 Å². The van der Waals surface area contributed by atoms with Crippen molar-refractivity contribution in [2.45, 2.75) is 39.5 Å². The number of rotatable bonds is 3. The molecule has 0 unspecified atom stereocenters. The van der Waals surface area contributed by atoms with E-state index in [1.807, 2.05) is 0 Å². The Balaban J connectivity index is 2.54. The second-order valence-corrected chi connectivity index (χ2v) is 6.64. The Bertz CT molecular complexity index is 486. The molecule has 1 heteroatoms. The molecule has 1 aromatic carbocycles. The first-order valence-electron chi connectivity index (χ1n) is 6.65. The van der Waals surface area contributed by atoms with Gasteiger partial charge in [0.15, 0.2) is 0 Å². The molecule has 0 radical (unpaired) electrons. The molecule has 0 saturated heterocycles. The van der Waals surface area contributed by atoms with Crippen molar-refractivity contribution in [1.82, 2.24) is 0 Å². The van der Waals surface area contributed by atoms with Crippen molar-refractivity contribution in [3.05, 3.63) is 53.1 Å². The van der Waals surface area contributed by atoms with Crippen LogP contribution in [-0.4, -0.2) is 0 Å². The second-order valence-electron chi connectivity index (χ2n) is 5.38. The fourth-order valence-corrected chi connectivity index (χ4v) is 3.18. The Kier molecular flexibility index (Phi) is 4.19. The molecule has 0 fully saturated rings. The molecule has 0 atom stereocenters. The van der Waals surface area contributed by atoms with Gasteiger partial charge in [0.05, 0.1) is 0 Å². The average molecular weight is 256 g/mol. The predicted molar refractivity (Wildman–Crippen MR) is 82.6 cm³/mol. The maximum absolute atomic E-state index is 2.37. The fraction of sp³-hybridized carbons (Fsp3) is 0.353. The van der Waals surface area contributed by atoms with E-state index in [9.17, 15) is 0 Å². The number of benzene rings is 1. The number of hydrogen-bond donors (Lipinski definition) is 0. The second kappa shape index (κ2) is 5.67. The van der Waals surface area contributed by atoms with Gasteiger partial charge in [-0.2, -0.15) is 0 Å². The van der Waals surface area contributed by atoms with Gasteiger partial charge >= 0.3 is 0 Å². The summed E-state index contributed by atoms with van der Waals surface area (Å²) in [5, 5.41) is 3.06. The third kappa shape index (κ3) is 3.00. The third-order valence-corrected chi connectivity index (χ3v) is 4.96. The molecule has 0 amide bonds. The van der Waals surface area contributed by atoms with Crippen LogP contribution in [0, 0.1) is 0 Å². The molecule has 0 aliphatic rings. The molecule has 2 aromatic rings. The molecular formula is C17H21P. The molecule has 0 aliphatic carbocycles. The van der Waals surface area contributed by atoms with E-state index < -0.39 is 0 Å². The Hall–Kier alpha value is -1.13. The fourth-order valence-electron chi connectivity index (χ4n) is 1.96. The topological polar surface area (TPSA) is 0 Å². The molecule has 0 nitrogen and oxygen atoms in total. The van der Waals surface area contributed by atoms with E-state index in [0.717, 1.165) is 0 Å². The molecule has 0 aliphatic heterocycles. The predicted octanol–water partition coefficient (Wildman–Crippen LogP) is 6.18. The number of hydrogen-bond acceptors (Lipinski definition) is 0. The summed E-state index contributed by atoms with van der Waals surface area (Å²) in [5.74, 6) is 1.24. The maximum atomic E-state index is 2.37. The summed E-state index contributed by atoms with van der Waals surface area (Å²) in [6, 6.07) is 15.4. The van der Waals surface area contributed by atoms with Crippen molar-refractivity contribution < 1.29 is 0 Å². The molecule has 18 heavy (non-hydrogen) atoms. The van der Waals surface area contributed by atoms with Gasteiger partial charge in [-0.3, -0.25) is 0 Å². The Morgan fingerprint density at radius 1 is 0.722 bits per heavy atom. The first-order chi connectivity index (χ1) is 8.58. The van der Waals surface area contributed by atoms with Gasteiger partial charge in [0, 0.05) is 0 Å². The maximum Gasteiger partial charge on any atom is -0.0171 e. The van der Waals surface area contributed by atoms with Gasteiger partial charge in [-0.15, -0.1) is 0 Å². The van der Waals surface area contributed by atoms with Crippen LogP contribution >= 0.6 is 8.19 Å². The van der Waals surface area contributed by atoms with Crippen LogP contribution in [0.3, 0.4) is 0 Å². The van der Waals surface area contributed by atoms with E-state index in [2.05, 4.69) is 70.2 Å². The molecule has 0 bridgehead atoms. The van der Waals surface area contributed by atoms with Crippen LogP contribution in [0.5, 0.6) is 0 Å². The molecule has 0 saturated carbocycles. The van der Waals surface area contributed by atoms with Crippen LogP contribution in [0.2, 0.25) is 0 Å². The van der Waals surface area contributed by atoms with Crippen molar-refractivity contribution in [1.29, 1.82) is 0 Å². The smallest absolute Gasteiger partial charge is 0.0171 e. The van der Waals surface area contributed by atoms with Crippen LogP contribution in [-0.2, 0) is 0 Å². The summed E-state index contributed by atoms with van der Waals surface area (Å²) in [4.78, 5) is 0. The summed E-state index contributed by atoms with van der Waals surface area (Å²) < 4.78 is 0. The monoisotopic (exact) mass is 256 g/mol. The van der Waals surface area contributed by atoms with E-state index in [4.69, 9.17) is 0 Å². The summed E-state index contributed by atoms with van der Waals surface area (Å²) in [6.45, 7) is 9.13. The van der Waals surface area contributed by atoms with Crippen LogP contribution in [0.15, 0.2) is 42.5 Å². The molecule has 94 valence electrons. The zero-order chi connectivity index (χ0) is 13.1. The zero-order valence-electron chi connectivity index (χ0n) is 11.6. The highest BCUT2D eigenvalue weighted by molar-refractivity contribution is 7.31. The minimum absolute atomic E-state index is 0.618. The molecular weight excluding hydrogens is 235 g/mol. The molecule has 0 N–H and O–H groups in total. The van der Waals surface area contributed by atoms with Crippen molar-refractivity contribution in [3.63, 3.8) is 0 Å². The average Bonchev–Trinajstić information content (AvgIpc) is 2.39. The van der Waals surface area contributed by atoms with E-state index >= 15 is 0 Å². The van der Waals surface area contributed by atoms with Crippen molar-refractivity contribution in [2.24, 2.45) is 0 Å². The Morgan fingerprint density at radius 3 is 1.67 bits per heavy atom.